The van der Waals surface area contributed by atoms with Crippen molar-refractivity contribution in [3.63, 3.8) is 0 Å². The molecule has 0 aliphatic heterocycles. The lowest BCUT2D eigenvalue weighted by Gasteiger charge is -1.79. The maximum atomic E-state index is 2.28. The summed E-state index contributed by atoms with van der Waals surface area (Å²) in [7, 11) is 0. The van der Waals surface area contributed by atoms with Crippen molar-refractivity contribution in [1.29, 1.82) is 0 Å². The minimum absolute atomic E-state index is 0.833. The van der Waals surface area contributed by atoms with Crippen molar-refractivity contribution in [2.75, 3.05) is 0 Å². The lowest BCUT2D eigenvalue weighted by molar-refractivity contribution is 0.737. The summed E-state index contributed by atoms with van der Waals surface area (Å²) in [4.78, 5) is 0. The van der Waals surface area contributed by atoms with Gasteiger partial charge in [-0.1, -0.05) is 68.2 Å². The van der Waals surface area contributed by atoms with Crippen molar-refractivity contribution in [3.05, 3.63) is 0 Å². The number of hydrogen-bond donors (Lipinski definition) is 0. The van der Waals surface area contributed by atoms with Gasteiger partial charge in [0.25, 0.3) is 0 Å². The fraction of sp³-hybridized carbons (Fsp3) is 1.00. The normalized spacial score (nSPS) is 12.8. The summed E-state index contributed by atoms with van der Waals surface area (Å²) in [6.45, 7) is 16.8. The Hall–Kier alpha value is 0. The largest absolute Gasteiger partial charge is 0.0683 e. The van der Waals surface area contributed by atoms with Crippen LogP contribution in [-0.4, -0.2) is 0 Å². The van der Waals surface area contributed by atoms with Gasteiger partial charge in [-0.25, -0.2) is 0 Å². The van der Waals surface area contributed by atoms with E-state index in [4.69, 9.17) is 0 Å². The van der Waals surface area contributed by atoms with E-state index in [-0.39, 0.29) is 0 Å². The van der Waals surface area contributed by atoms with Gasteiger partial charge in [-0.15, -0.1) is 0 Å². The fourth-order valence-electron chi connectivity index (χ4n) is 0.167. The molecule has 0 unspecified atom stereocenters. The molecule has 0 N–H and O–H groups in total. The molecule has 0 heterocycles. The molecule has 0 amide bonds. The molecule has 78 valence electrons. The first-order valence-electron chi connectivity index (χ1n) is 5.63. The Morgan fingerprint density at radius 3 is 0.917 bits per heavy atom. The highest BCUT2D eigenvalue weighted by molar-refractivity contribution is 4.65. The zero-order chi connectivity index (χ0) is 10.6. The van der Waals surface area contributed by atoms with Gasteiger partial charge in [-0.05, 0) is 11.8 Å². The zero-order valence-corrected chi connectivity index (χ0v) is 10.6. The molecule has 1 fully saturated rings. The molecule has 0 spiro atoms. The van der Waals surface area contributed by atoms with Gasteiger partial charge in [-0.3, -0.25) is 0 Å². The predicted octanol–water partition coefficient (Wildman–Crippen LogP) is 5.13. The Morgan fingerprint density at radius 1 is 0.833 bits per heavy atom. The second-order valence-corrected chi connectivity index (χ2v) is 3.41. The standard InChI is InChI=1S/C4H8.C4H10.2C2H6/c1-4-2-3-4;1-4(2)3;2*1-2/h4H,2-3H2,1H3;4H,1-3H3;2*1-2H3. The molecule has 0 aromatic carbocycles. The Bertz CT molecular complexity index is 39.2. The molecule has 0 atom stereocenters. The first-order chi connectivity index (χ1) is 5.63. The van der Waals surface area contributed by atoms with Crippen molar-refractivity contribution in [3.8, 4) is 0 Å². The molecule has 0 nitrogen and oxygen atoms in total. The van der Waals surface area contributed by atoms with Crippen molar-refractivity contribution in [1.82, 2.24) is 0 Å². The first kappa shape index (κ1) is 17.9. The zero-order valence-electron chi connectivity index (χ0n) is 10.6. The lowest BCUT2D eigenvalue weighted by Crippen LogP contribution is -1.66. The van der Waals surface area contributed by atoms with E-state index < -0.39 is 0 Å². The van der Waals surface area contributed by atoms with Gasteiger partial charge >= 0.3 is 0 Å². The summed E-state index contributed by atoms with van der Waals surface area (Å²) in [5.41, 5.74) is 0. The van der Waals surface area contributed by atoms with E-state index in [0.29, 0.717) is 0 Å². The van der Waals surface area contributed by atoms with Gasteiger partial charge < -0.3 is 0 Å². The highest BCUT2D eigenvalue weighted by atomic mass is 14.2. The molecule has 0 aromatic heterocycles. The highest BCUT2D eigenvalue weighted by Crippen LogP contribution is 2.26. The van der Waals surface area contributed by atoms with Gasteiger partial charge in [-0.2, -0.15) is 0 Å². The Balaban J connectivity index is -0.0000000967. The summed E-state index contributed by atoms with van der Waals surface area (Å²) in [5.74, 6) is 1.92. The van der Waals surface area contributed by atoms with Crippen molar-refractivity contribution in [2.45, 2.75) is 68.2 Å². The van der Waals surface area contributed by atoms with Crippen LogP contribution >= 0.6 is 0 Å². The van der Waals surface area contributed by atoms with Crippen molar-refractivity contribution >= 4 is 0 Å². The second-order valence-electron chi connectivity index (χ2n) is 3.41. The molecule has 1 aliphatic carbocycles. The van der Waals surface area contributed by atoms with E-state index in [1.165, 1.54) is 12.8 Å². The Labute approximate surface area is 80.8 Å². The Kier molecular flexibility index (Phi) is 25.7. The average Bonchev–Trinajstić information content (AvgIpc) is 2.79. The van der Waals surface area contributed by atoms with Gasteiger partial charge in [0, 0.05) is 0 Å². The molecule has 0 bridgehead atoms. The molecule has 1 aliphatic rings. The molecule has 1 saturated carbocycles. The van der Waals surface area contributed by atoms with Crippen LogP contribution in [-0.2, 0) is 0 Å². The van der Waals surface area contributed by atoms with Crippen LogP contribution in [0.25, 0.3) is 0 Å². The smallest absolute Gasteiger partial charge is 0.0443 e. The third-order valence-electron chi connectivity index (χ3n) is 0.866. The van der Waals surface area contributed by atoms with Crippen LogP contribution in [0, 0.1) is 11.8 Å². The third kappa shape index (κ3) is 90.0. The summed E-state index contributed by atoms with van der Waals surface area (Å²) in [5, 5.41) is 0. The minimum Gasteiger partial charge on any atom is -0.0683 e. The third-order valence-corrected chi connectivity index (χ3v) is 0.866. The fourth-order valence-corrected chi connectivity index (χ4v) is 0.167. The maximum Gasteiger partial charge on any atom is -0.0443 e. The molecular weight excluding hydrogens is 144 g/mol. The summed E-state index contributed by atoms with van der Waals surface area (Å²) in [6, 6.07) is 0. The van der Waals surface area contributed by atoms with Crippen molar-refractivity contribution < 1.29 is 0 Å². The maximum absolute atomic E-state index is 2.28. The van der Waals surface area contributed by atoms with E-state index in [2.05, 4.69) is 27.7 Å². The lowest BCUT2D eigenvalue weighted by atomic mass is 10.3. The van der Waals surface area contributed by atoms with Crippen LogP contribution in [0.1, 0.15) is 68.2 Å². The molecule has 0 aromatic rings. The van der Waals surface area contributed by atoms with E-state index in [9.17, 15) is 0 Å². The molecule has 0 radical (unpaired) electrons. The van der Waals surface area contributed by atoms with Crippen LogP contribution in [0.5, 0.6) is 0 Å². The molecule has 0 heteroatoms. The van der Waals surface area contributed by atoms with E-state index in [1.54, 1.807) is 0 Å². The number of rotatable bonds is 0. The van der Waals surface area contributed by atoms with Crippen molar-refractivity contribution in [2.24, 2.45) is 11.8 Å². The van der Waals surface area contributed by atoms with Crippen LogP contribution in [0.2, 0.25) is 0 Å². The highest BCUT2D eigenvalue weighted by Gasteiger charge is 2.12. The molecule has 1 rings (SSSR count). The second kappa shape index (κ2) is 17.2. The quantitative estimate of drug-likeness (QED) is 0.477. The minimum atomic E-state index is 0.833. The van der Waals surface area contributed by atoms with Gasteiger partial charge in [0.05, 0.1) is 0 Å². The summed E-state index contributed by atoms with van der Waals surface area (Å²) >= 11 is 0. The molecule has 12 heavy (non-hydrogen) atoms. The van der Waals surface area contributed by atoms with Crippen LogP contribution in [0.15, 0.2) is 0 Å². The SMILES string of the molecule is CC.CC.CC(C)C.CC1CC1. The Morgan fingerprint density at radius 2 is 0.917 bits per heavy atom. The summed E-state index contributed by atoms with van der Waals surface area (Å²) < 4.78 is 0. The number of hydrogen-bond acceptors (Lipinski definition) is 0. The van der Waals surface area contributed by atoms with E-state index in [0.717, 1.165) is 11.8 Å². The van der Waals surface area contributed by atoms with Gasteiger partial charge in [0.1, 0.15) is 0 Å². The van der Waals surface area contributed by atoms with E-state index in [1.807, 2.05) is 27.7 Å². The molecular formula is C12H30. The summed E-state index contributed by atoms with van der Waals surface area (Å²) in [6.07, 6.45) is 2.97. The topological polar surface area (TPSA) is 0 Å². The average molecular weight is 174 g/mol. The van der Waals surface area contributed by atoms with E-state index >= 15 is 0 Å². The predicted molar refractivity (Wildman–Crippen MR) is 61.6 cm³/mol. The molecule has 0 saturated heterocycles. The van der Waals surface area contributed by atoms with Crippen LogP contribution in [0.3, 0.4) is 0 Å². The van der Waals surface area contributed by atoms with Gasteiger partial charge in [0.2, 0.25) is 0 Å². The first-order valence-corrected chi connectivity index (χ1v) is 5.63. The van der Waals surface area contributed by atoms with Gasteiger partial charge in [0.15, 0.2) is 0 Å². The van der Waals surface area contributed by atoms with Crippen LogP contribution in [0.4, 0.5) is 0 Å². The van der Waals surface area contributed by atoms with Crippen LogP contribution < -0.4 is 0 Å². The monoisotopic (exact) mass is 174 g/mol.